The highest BCUT2D eigenvalue weighted by Crippen LogP contribution is 2.23. The molecule has 7 heteroatoms. The Morgan fingerprint density at radius 2 is 1.82 bits per heavy atom. The molecule has 0 aromatic carbocycles. The van der Waals surface area contributed by atoms with E-state index in [1.807, 2.05) is 11.0 Å². The highest BCUT2D eigenvalue weighted by molar-refractivity contribution is 5.84. The second-order valence-corrected chi connectivity index (χ2v) is 7.60. The topological polar surface area (TPSA) is 86.5 Å². The van der Waals surface area contributed by atoms with E-state index in [4.69, 9.17) is 10.00 Å². The van der Waals surface area contributed by atoms with Crippen molar-refractivity contribution in [1.29, 1.82) is 5.26 Å². The molecule has 1 amide bonds. The Kier molecular flexibility index (Phi) is 6.85. The lowest BCUT2D eigenvalue weighted by Gasteiger charge is -2.32. The van der Waals surface area contributed by atoms with Crippen molar-refractivity contribution < 1.29 is 14.3 Å². The van der Waals surface area contributed by atoms with Gasteiger partial charge in [-0.2, -0.15) is 5.26 Å². The van der Waals surface area contributed by atoms with Crippen molar-refractivity contribution in [3.8, 4) is 6.07 Å². The zero-order chi connectivity index (χ0) is 19.9. The minimum absolute atomic E-state index is 0.0746. The molecule has 0 bridgehead atoms. The molecule has 0 saturated carbocycles. The van der Waals surface area contributed by atoms with Crippen molar-refractivity contribution >= 4 is 17.7 Å². The van der Waals surface area contributed by atoms with E-state index < -0.39 is 6.10 Å². The second-order valence-electron chi connectivity index (χ2n) is 7.60. The lowest BCUT2D eigenvalue weighted by molar-refractivity contribution is -0.163. The predicted molar refractivity (Wildman–Crippen MR) is 104 cm³/mol. The summed E-state index contributed by atoms with van der Waals surface area (Å²) in [6, 6.07) is 5.64. The largest absolute Gasteiger partial charge is 0.452 e. The van der Waals surface area contributed by atoms with Crippen LogP contribution in [0.25, 0.3) is 0 Å². The predicted octanol–water partition coefficient (Wildman–Crippen LogP) is 2.50. The first-order valence-electron chi connectivity index (χ1n) is 10.2. The normalized spacial score (nSPS) is 19.4. The number of anilines is 1. The van der Waals surface area contributed by atoms with E-state index in [-0.39, 0.29) is 17.8 Å². The third-order valence-corrected chi connectivity index (χ3v) is 5.59. The highest BCUT2D eigenvalue weighted by atomic mass is 16.5. The SMILES string of the molecule is CC(OC(=O)C1CCN(c2ccc(C#N)cn2)CC1)C(=O)N1CCCCCC1. The Morgan fingerprint density at radius 3 is 2.39 bits per heavy atom. The Labute approximate surface area is 166 Å². The van der Waals surface area contributed by atoms with E-state index >= 15 is 0 Å². The van der Waals surface area contributed by atoms with Crippen LogP contribution in [0.15, 0.2) is 18.3 Å². The molecular weight excluding hydrogens is 356 g/mol. The summed E-state index contributed by atoms with van der Waals surface area (Å²) in [4.78, 5) is 33.4. The zero-order valence-electron chi connectivity index (χ0n) is 16.5. The number of amides is 1. The number of ether oxygens (including phenoxy) is 1. The van der Waals surface area contributed by atoms with Crippen molar-refractivity contribution in [2.45, 2.75) is 51.6 Å². The molecule has 1 unspecified atom stereocenters. The van der Waals surface area contributed by atoms with Crippen LogP contribution in [-0.4, -0.2) is 54.0 Å². The average Bonchev–Trinajstić information content (AvgIpc) is 3.03. The van der Waals surface area contributed by atoms with Gasteiger partial charge in [0.25, 0.3) is 5.91 Å². The van der Waals surface area contributed by atoms with Crippen LogP contribution in [0.3, 0.4) is 0 Å². The summed E-state index contributed by atoms with van der Waals surface area (Å²) in [6.07, 6.45) is 6.55. The van der Waals surface area contributed by atoms with E-state index in [1.165, 1.54) is 0 Å². The number of rotatable bonds is 4. The number of nitrogens with zero attached hydrogens (tertiary/aromatic N) is 4. The maximum absolute atomic E-state index is 12.6. The van der Waals surface area contributed by atoms with Crippen molar-refractivity contribution in [2.75, 3.05) is 31.1 Å². The Hall–Kier alpha value is -2.62. The third kappa shape index (κ3) is 5.00. The smallest absolute Gasteiger partial charge is 0.309 e. The molecule has 150 valence electrons. The molecule has 3 rings (SSSR count). The zero-order valence-corrected chi connectivity index (χ0v) is 16.5. The minimum Gasteiger partial charge on any atom is -0.452 e. The van der Waals surface area contributed by atoms with E-state index in [1.54, 1.807) is 19.2 Å². The molecule has 1 aromatic rings. The van der Waals surface area contributed by atoms with Crippen molar-refractivity contribution in [2.24, 2.45) is 5.92 Å². The van der Waals surface area contributed by atoms with Gasteiger partial charge in [-0.15, -0.1) is 0 Å². The molecule has 1 aromatic heterocycles. The van der Waals surface area contributed by atoms with E-state index in [9.17, 15) is 9.59 Å². The van der Waals surface area contributed by atoms with Crippen LogP contribution in [-0.2, 0) is 14.3 Å². The second kappa shape index (κ2) is 9.54. The molecule has 2 aliphatic heterocycles. The molecule has 28 heavy (non-hydrogen) atoms. The van der Waals surface area contributed by atoms with Crippen LogP contribution in [0.1, 0.15) is 51.0 Å². The van der Waals surface area contributed by atoms with Gasteiger partial charge in [0.05, 0.1) is 11.5 Å². The number of hydrogen-bond donors (Lipinski definition) is 0. The fourth-order valence-corrected chi connectivity index (χ4v) is 3.85. The van der Waals surface area contributed by atoms with Crippen LogP contribution in [0.4, 0.5) is 5.82 Å². The van der Waals surface area contributed by atoms with Gasteiger partial charge in [0.2, 0.25) is 0 Å². The summed E-state index contributed by atoms with van der Waals surface area (Å²) in [5, 5.41) is 8.86. The summed E-state index contributed by atoms with van der Waals surface area (Å²) < 4.78 is 5.52. The molecule has 7 nitrogen and oxygen atoms in total. The van der Waals surface area contributed by atoms with Gasteiger partial charge in [-0.05, 0) is 44.7 Å². The van der Waals surface area contributed by atoms with Gasteiger partial charge in [0.1, 0.15) is 11.9 Å². The van der Waals surface area contributed by atoms with Gasteiger partial charge in [-0.1, -0.05) is 12.8 Å². The molecular formula is C21H28N4O3. The quantitative estimate of drug-likeness (QED) is 0.742. The number of aromatic nitrogens is 1. The van der Waals surface area contributed by atoms with Crippen LogP contribution in [0.5, 0.6) is 0 Å². The van der Waals surface area contributed by atoms with Gasteiger partial charge in [-0.25, -0.2) is 4.98 Å². The Morgan fingerprint density at radius 1 is 1.14 bits per heavy atom. The van der Waals surface area contributed by atoms with Gasteiger partial charge in [0, 0.05) is 32.4 Å². The minimum atomic E-state index is -0.719. The molecule has 0 N–H and O–H groups in total. The molecule has 2 aliphatic rings. The van der Waals surface area contributed by atoms with Crippen molar-refractivity contribution in [3.05, 3.63) is 23.9 Å². The number of nitriles is 1. The monoisotopic (exact) mass is 384 g/mol. The average molecular weight is 384 g/mol. The van der Waals surface area contributed by atoms with Gasteiger partial charge in [0.15, 0.2) is 6.10 Å². The standard InChI is InChI=1S/C21H28N4O3/c1-16(20(26)25-10-4-2-3-5-11-25)28-21(27)18-8-12-24(13-9-18)19-7-6-17(14-22)15-23-19/h6-7,15-16,18H,2-5,8-13H2,1H3. The third-order valence-electron chi connectivity index (χ3n) is 5.59. The number of esters is 1. The number of carbonyl (C=O) groups excluding carboxylic acids is 2. The van der Waals surface area contributed by atoms with Gasteiger partial charge in [-0.3, -0.25) is 9.59 Å². The van der Waals surface area contributed by atoms with Crippen LogP contribution >= 0.6 is 0 Å². The molecule has 3 heterocycles. The number of pyridine rings is 1. The number of piperidine rings is 1. The lowest BCUT2D eigenvalue weighted by atomic mass is 9.97. The van der Waals surface area contributed by atoms with E-state index in [2.05, 4.69) is 16.0 Å². The summed E-state index contributed by atoms with van der Waals surface area (Å²) in [6.45, 7) is 4.61. The van der Waals surface area contributed by atoms with Gasteiger partial charge >= 0.3 is 5.97 Å². The van der Waals surface area contributed by atoms with E-state index in [0.29, 0.717) is 31.5 Å². The van der Waals surface area contributed by atoms with Crippen LogP contribution in [0.2, 0.25) is 0 Å². The molecule has 0 aliphatic carbocycles. The fourth-order valence-electron chi connectivity index (χ4n) is 3.85. The molecule has 0 radical (unpaired) electrons. The molecule has 2 fully saturated rings. The maximum atomic E-state index is 12.6. The van der Waals surface area contributed by atoms with Crippen LogP contribution in [0, 0.1) is 17.2 Å². The lowest BCUT2D eigenvalue weighted by Crippen LogP contribution is -2.42. The molecule has 1 atom stereocenters. The maximum Gasteiger partial charge on any atom is 0.309 e. The summed E-state index contributed by atoms with van der Waals surface area (Å²) >= 11 is 0. The first-order chi connectivity index (χ1) is 13.6. The number of carbonyl (C=O) groups is 2. The first kappa shape index (κ1) is 20.1. The molecule has 2 saturated heterocycles. The highest BCUT2D eigenvalue weighted by Gasteiger charge is 2.30. The van der Waals surface area contributed by atoms with E-state index in [0.717, 1.165) is 44.6 Å². The first-order valence-corrected chi connectivity index (χ1v) is 10.2. The fraction of sp³-hybridized carbons (Fsp3) is 0.619. The van der Waals surface area contributed by atoms with Crippen LogP contribution < -0.4 is 4.90 Å². The summed E-state index contributed by atoms with van der Waals surface area (Å²) in [5.74, 6) is 0.280. The number of hydrogen-bond acceptors (Lipinski definition) is 6. The van der Waals surface area contributed by atoms with Crippen molar-refractivity contribution in [3.63, 3.8) is 0 Å². The Balaban J connectivity index is 1.47. The van der Waals surface area contributed by atoms with Crippen molar-refractivity contribution in [1.82, 2.24) is 9.88 Å². The number of likely N-dealkylation sites (tertiary alicyclic amines) is 1. The van der Waals surface area contributed by atoms with Gasteiger partial charge < -0.3 is 14.5 Å². The Bertz CT molecular complexity index is 712. The summed E-state index contributed by atoms with van der Waals surface area (Å²) in [5.41, 5.74) is 0.533. The summed E-state index contributed by atoms with van der Waals surface area (Å²) in [7, 11) is 0. The molecule has 0 spiro atoms.